The van der Waals surface area contributed by atoms with Gasteiger partial charge in [-0.1, -0.05) is 19.8 Å². The third-order valence-corrected chi connectivity index (χ3v) is 6.02. The Kier molecular flexibility index (Phi) is 6.79. The smallest absolute Gasteiger partial charge is 0.263 e. The van der Waals surface area contributed by atoms with Crippen LogP contribution in [0.5, 0.6) is 0 Å². The summed E-state index contributed by atoms with van der Waals surface area (Å²) in [7, 11) is -0.731. The van der Waals surface area contributed by atoms with Crippen molar-refractivity contribution in [3.63, 3.8) is 0 Å². The standard InChI is InChI=1S/C13H23N3O3S2/c1-4-5-6-10(9-14)15-13(17)12-11(7-8-20-12)21(18,19)16(2)3/h7-8,10H,4-6,9,14H2,1-3H3,(H,15,17). The third-order valence-electron chi connectivity index (χ3n) is 3.12. The van der Waals surface area contributed by atoms with E-state index in [1.807, 2.05) is 0 Å². The number of amides is 1. The summed E-state index contributed by atoms with van der Waals surface area (Å²) in [6.45, 7) is 2.41. The fraction of sp³-hybridized carbons (Fsp3) is 0.615. The summed E-state index contributed by atoms with van der Waals surface area (Å²) in [6.07, 6.45) is 2.78. The van der Waals surface area contributed by atoms with E-state index in [-0.39, 0.29) is 21.7 Å². The molecular formula is C13H23N3O3S2. The van der Waals surface area contributed by atoms with Gasteiger partial charge >= 0.3 is 0 Å². The van der Waals surface area contributed by atoms with Gasteiger partial charge in [-0.05, 0) is 17.9 Å². The quantitative estimate of drug-likeness (QED) is 0.749. The second-order valence-corrected chi connectivity index (χ2v) is 7.99. The van der Waals surface area contributed by atoms with Crippen molar-refractivity contribution in [1.29, 1.82) is 0 Å². The molecule has 8 heteroatoms. The first-order chi connectivity index (χ1) is 9.84. The summed E-state index contributed by atoms with van der Waals surface area (Å²) in [5, 5.41) is 4.42. The zero-order valence-electron chi connectivity index (χ0n) is 12.6. The molecule has 0 radical (unpaired) electrons. The fourth-order valence-electron chi connectivity index (χ4n) is 1.81. The number of thiophene rings is 1. The number of nitrogens with zero attached hydrogens (tertiary/aromatic N) is 1. The van der Waals surface area contributed by atoms with E-state index in [0.717, 1.165) is 34.9 Å². The van der Waals surface area contributed by atoms with Gasteiger partial charge < -0.3 is 11.1 Å². The molecular weight excluding hydrogens is 310 g/mol. The van der Waals surface area contributed by atoms with E-state index in [1.165, 1.54) is 20.2 Å². The van der Waals surface area contributed by atoms with E-state index in [9.17, 15) is 13.2 Å². The maximum atomic E-state index is 12.3. The van der Waals surface area contributed by atoms with Gasteiger partial charge in [0.2, 0.25) is 10.0 Å². The minimum Gasteiger partial charge on any atom is -0.347 e. The average molecular weight is 333 g/mol. The average Bonchev–Trinajstić information content (AvgIpc) is 2.93. The van der Waals surface area contributed by atoms with E-state index in [0.29, 0.717) is 6.54 Å². The minimum atomic E-state index is -3.62. The van der Waals surface area contributed by atoms with Gasteiger partial charge in [0.15, 0.2) is 0 Å². The maximum Gasteiger partial charge on any atom is 0.263 e. The Balaban J connectivity index is 2.92. The first-order valence-electron chi connectivity index (χ1n) is 6.85. The van der Waals surface area contributed by atoms with E-state index in [2.05, 4.69) is 12.2 Å². The maximum absolute atomic E-state index is 12.3. The molecule has 0 bridgehead atoms. The second kappa shape index (κ2) is 7.88. The van der Waals surface area contributed by atoms with E-state index < -0.39 is 10.0 Å². The molecule has 1 aromatic heterocycles. The van der Waals surface area contributed by atoms with Crippen LogP contribution in [-0.4, -0.2) is 45.3 Å². The molecule has 21 heavy (non-hydrogen) atoms. The molecule has 3 N–H and O–H groups in total. The highest BCUT2D eigenvalue weighted by Crippen LogP contribution is 2.24. The molecule has 0 aliphatic rings. The normalized spacial score (nSPS) is 13.4. The van der Waals surface area contributed by atoms with Crippen LogP contribution in [0.2, 0.25) is 0 Å². The molecule has 1 heterocycles. The monoisotopic (exact) mass is 333 g/mol. The summed E-state index contributed by atoms with van der Waals surface area (Å²) in [5.74, 6) is -0.378. The molecule has 120 valence electrons. The predicted octanol–water partition coefficient (Wildman–Crippen LogP) is 1.25. The topological polar surface area (TPSA) is 92.5 Å². The van der Waals surface area contributed by atoms with Crippen LogP contribution in [-0.2, 0) is 10.0 Å². The van der Waals surface area contributed by atoms with Crippen molar-refractivity contribution >= 4 is 27.3 Å². The summed E-state index contributed by atoms with van der Waals surface area (Å²) >= 11 is 1.12. The lowest BCUT2D eigenvalue weighted by Gasteiger charge is -2.17. The van der Waals surface area contributed by atoms with Crippen molar-refractivity contribution in [3.05, 3.63) is 16.3 Å². The number of carbonyl (C=O) groups is 1. The number of sulfonamides is 1. The molecule has 0 spiro atoms. The largest absolute Gasteiger partial charge is 0.347 e. The molecule has 0 aliphatic heterocycles. The molecule has 6 nitrogen and oxygen atoms in total. The van der Waals surface area contributed by atoms with Crippen molar-refractivity contribution in [2.45, 2.75) is 37.1 Å². The Morgan fingerprint density at radius 3 is 2.67 bits per heavy atom. The zero-order valence-corrected chi connectivity index (χ0v) is 14.3. The zero-order chi connectivity index (χ0) is 16.0. The molecule has 0 fully saturated rings. The highest BCUT2D eigenvalue weighted by molar-refractivity contribution is 7.89. The van der Waals surface area contributed by atoms with Crippen LogP contribution in [0.15, 0.2) is 16.3 Å². The third kappa shape index (κ3) is 4.50. The van der Waals surface area contributed by atoms with Crippen molar-refractivity contribution in [2.75, 3.05) is 20.6 Å². The minimum absolute atomic E-state index is 0.0428. The predicted molar refractivity (Wildman–Crippen MR) is 85.0 cm³/mol. The van der Waals surface area contributed by atoms with Crippen LogP contribution in [0.1, 0.15) is 35.9 Å². The van der Waals surface area contributed by atoms with Gasteiger partial charge in [0.25, 0.3) is 5.91 Å². The molecule has 0 aliphatic carbocycles. The SMILES string of the molecule is CCCCC(CN)NC(=O)c1sccc1S(=O)(=O)N(C)C. The van der Waals surface area contributed by atoms with E-state index in [1.54, 1.807) is 5.38 Å². The van der Waals surface area contributed by atoms with Crippen LogP contribution < -0.4 is 11.1 Å². The second-order valence-electron chi connectivity index (χ2n) is 4.95. The number of hydrogen-bond donors (Lipinski definition) is 2. The Bertz CT molecular complexity index is 567. The van der Waals surface area contributed by atoms with Crippen LogP contribution in [0.3, 0.4) is 0 Å². The molecule has 0 saturated heterocycles. The van der Waals surface area contributed by atoms with Gasteiger partial charge in [-0.15, -0.1) is 11.3 Å². The number of nitrogens with two attached hydrogens (primary N) is 1. The van der Waals surface area contributed by atoms with Crippen molar-refractivity contribution in [2.24, 2.45) is 5.73 Å². The Hall–Kier alpha value is -0.960. The van der Waals surface area contributed by atoms with Crippen LogP contribution in [0, 0.1) is 0 Å². The lowest BCUT2D eigenvalue weighted by molar-refractivity contribution is 0.0937. The van der Waals surface area contributed by atoms with Crippen LogP contribution in [0.4, 0.5) is 0 Å². The summed E-state index contributed by atoms with van der Waals surface area (Å²) in [5.41, 5.74) is 5.65. The van der Waals surface area contributed by atoms with Gasteiger partial charge in [-0.2, -0.15) is 0 Å². The fourth-order valence-corrected chi connectivity index (χ4v) is 4.01. The van der Waals surface area contributed by atoms with E-state index >= 15 is 0 Å². The number of nitrogens with one attached hydrogen (secondary N) is 1. The van der Waals surface area contributed by atoms with Gasteiger partial charge in [0.05, 0.1) is 0 Å². The lowest BCUT2D eigenvalue weighted by Crippen LogP contribution is -2.40. The van der Waals surface area contributed by atoms with Crippen molar-refractivity contribution in [1.82, 2.24) is 9.62 Å². The molecule has 1 amide bonds. The van der Waals surface area contributed by atoms with Gasteiger partial charge in [-0.3, -0.25) is 4.79 Å². The lowest BCUT2D eigenvalue weighted by atomic mass is 10.1. The number of rotatable bonds is 8. The number of hydrogen-bond acceptors (Lipinski definition) is 5. The van der Waals surface area contributed by atoms with Crippen molar-refractivity contribution in [3.8, 4) is 0 Å². The van der Waals surface area contributed by atoms with Crippen molar-refractivity contribution < 1.29 is 13.2 Å². The van der Waals surface area contributed by atoms with Crippen LogP contribution in [0.25, 0.3) is 0 Å². The Labute approximate surface area is 130 Å². The number of carbonyl (C=O) groups excluding carboxylic acids is 1. The molecule has 1 aromatic rings. The molecule has 0 saturated carbocycles. The Morgan fingerprint density at radius 1 is 1.48 bits per heavy atom. The first-order valence-corrected chi connectivity index (χ1v) is 9.17. The summed E-state index contributed by atoms with van der Waals surface area (Å²) in [4.78, 5) is 12.5. The summed E-state index contributed by atoms with van der Waals surface area (Å²) < 4.78 is 25.4. The molecule has 1 rings (SSSR count). The number of unbranched alkanes of at least 4 members (excludes halogenated alkanes) is 1. The van der Waals surface area contributed by atoms with Gasteiger partial charge in [0.1, 0.15) is 9.77 Å². The Morgan fingerprint density at radius 2 is 2.14 bits per heavy atom. The van der Waals surface area contributed by atoms with E-state index in [4.69, 9.17) is 5.73 Å². The van der Waals surface area contributed by atoms with Gasteiger partial charge in [0, 0.05) is 26.7 Å². The van der Waals surface area contributed by atoms with Crippen LogP contribution >= 0.6 is 11.3 Å². The molecule has 1 unspecified atom stereocenters. The first kappa shape index (κ1) is 18.1. The molecule has 1 atom stereocenters. The molecule has 0 aromatic carbocycles. The highest BCUT2D eigenvalue weighted by atomic mass is 32.2. The summed E-state index contributed by atoms with van der Waals surface area (Å²) in [6, 6.07) is 1.33. The van der Waals surface area contributed by atoms with Gasteiger partial charge in [-0.25, -0.2) is 12.7 Å². The highest BCUT2D eigenvalue weighted by Gasteiger charge is 2.26.